The summed E-state index contributed by atoms with van der Waals surface area (Å²) in [6.45, 7) is 3.45. The number of hydrogen-bond donors (Lipinski definition) is 2. The molecule has 0 aromatic heterocycles. The van der Waals surface area contributed by atoms with E-state index in [9.17, 15) is 9.59 Å². The van der Waals surface area contributed by atoms with Gasteiger partial charge in [-0.2, -0.15) is 0 Å². The number of carboxylic acid groups (broad SMARTS) is 1. The van der Waals surface area contributed by atoms with Gasteiger partial charge < -0.3 is 15.7 Å². The minimum Gasteiger partial charge on any atom is -0.480 e. The minimum atomic E-state index is -1.01. The zero-order valence-corrected chi connectivity index (χ0v) is 11.7. The number of carbonyl (C=O) groups excluding carboxylic acids is 1. The summed E-state index contributed by atoms with van der Waals surface area (Å²) in [5.74, 6) is -1.32. The second-order valence-electron chi connectivity index (χ2n) is 4.62. The number of carbonyl (C=O) groups is 2. The van der Waals surface area contributed by atoms with Crippen molar-refractivity contribution in [1.29, 1.82) is 0 Å². The maximum absolute atomic E-state index is 12.1. The Morgan fingerprint density at radius 3 is 2.45 bits per heavy atom. The highest BCUT2D eigenvalue weighted by atomic mass is 16.4. The molecular weight excluding hydrogens is 256 g/mol. The third kappa shape index (κ3) is 4.76. The van der Waals surface area contributed by atoms with Crippen LogP contribution in [0.5, 0.6) is 0 Å². The van der Waals surface area contributed by atoms with Gasteiger partial charge in [0.05, 0.1) is 0 Å². The van der Waals surface area contributed by atoms with Gasteiger partial charge in [0.1, 0.15) is 6.54 Å². The van der Waals surface area contributed by atoms with Crippen molar-refractivity contribution in [1.82, 2.24) is 4.90 Å². The van der Waals surface area contributed by atoms with Crippen molar-refractivity contribution < 1.29 is 14.7 Å². The molecule has 0 spiro atoms. The van der Waals surface area contributed by atoms with Gasteiger partial charge in [-0.15, -0.1) is 0 Å². The van der Waals surface area contributed by atoms with Gasteiger partial charge in [-0.05, 0) is 37.1 Å². The number of aliphatic carboxylic acids is 1. The lowest BCUT2D eigenvalue weighted by Crippen LogP contribution is -2.40. The lowest BCUT2D eigenvalue weighted by Gasteiger charge is -2.25. The van der Waals surface area contributed by atoms with Crippen LogP contribution in [0.1, 0.15) is 25.8 Å². The van der Waals surface area contributed by atoms with Gasteiger partial charge in [0, 0.05) is 17.8 Å². The van der Waals surface area contributed by atoms with E-state index in [0.29, 0.717) is 12.1 Å². The van der Waals surface area contributed by atoms with Crippen molar-refractivity contribution in [3.05, 3.63) is 35.9 Å². The van der Waals surface area contributed by atoms with Gasteiger partial charge in [-0.1, -0.05) is 19.1 Å². The number of anilines is 1. The van der Waals surface area contributed by atoms with E-state index >= 15 is 0 Å². The van der Waals surface area contributed by atoms with Crippen LogP contribution < -0.4 is 5.73 Å². The number of rotatable bonds is 6. The average molecular weight is 276 g/mol. The van der Waals surface area contributed by atoms with Crippen molar-refractivity contribution in [2.75, 3.05) is 12.3 Å². The third-order valence-electron chi connectivity index (χ3n) is 3.07. The van der Waals surface area contributed by atoms with Gasteiger partial charge in [0.15, 0.2) is 0 Å². The molecule has 1 unspecified atom stereocenters. The number of carboxylic acids is 1. The summed E-state index contributed by atoms with van der Waals surface area (Å²) < 4.78 is 0. The van der Waals surface area contributed by atoms with Crippen molar-refractivity contribution in [2.45, 2.75) is 26.3 Å². The van der Waals surface area contributed by atoms with Crippen molar-refractivity contribution in [3.63, 3.8) is 0 Å². The Morgan fingerprint density at radius 2 is 1.95 bits per heavy atom. The number of amides is 1. The number of hydrogen-bond acceptors (Lipinski definition) is 3. The lowest BCUT2D eigenvalue weighted by molar-refractivity contribution is -0.144. The van der Waals surface area contributed by atoms with E-state index in [-0.39, 0.29) is 18.5 Å². The molecule has 1 aromatic carbocycles. The van der Waals surface area contributed by atoms with E-state index in [2.05, 4.69) is 0 Å². The highest BCUT2D eigenvalue weighted by Crippen LogP contribution is 2.09. The molecule has 1 aromatic rings. The molecule has 0 saturated heterocycles. The van der Waals surface area contributed by atoms with E-state index in [1.165, 1.54) is 11.0 Å². The van der Waals surface area contributed by atoms with E-state index in [0.717, 1.165) is 5.56 Å². The maximum Gasteiger partial charge on any atom is 0.323 e. The van der Waals surface area contributed by atoms with Crippen LogP contribution in [0, 0.1) is 0 Å². The molecule has 0 fully saturated rings. The molecule has 108 valence electrons. The molecule has 0 aliphatic heterocycles. The molecule has 5 nitrogen and oxygen atoms in total. The summed E-state index contributed by atoms with van der Waals surface area (Å²) in [5.41, 5.74) is 7.07. The Balaban J connectivity index is 2.79. The maximum atomic E-state index is 12.1. The van der Waals surface area contributed by atoms with Crippen LogP contribution in [0.25, 0.3) is 6.08 Å². The average Bonchev–Trinajstić information content (AvgIpc) is 2.42. The van der Waals surface area contributed by atoms with Gasteiger partial charge in [0.25, 0.3) is 0 Å². The predicted octanol–water partition coefficient (Wildman–Crippen LogP) is 1.99. The zero-order chi connectivity index (χ0) is 15.1. The molecule has 0 aliphatic rings. The Kier molecular flexibility index (Phi) is 5.77. The fraction of sp³-hybridized carbons (Fsp3) is 0.333. The van der Waals surface area contributed by atoms with E-state index in [1.807, 2.05) is 13.8 Å². The third-order valence-corrected chi connectivity index (χ3v) is 3.07. The van der Waals surface area contributed by atoms with Gasteiger partial charge >= 0.3 is 5.97 Å². The van der Waals surface area contributed by atoms with Crippen LogP contribution in [0.15, 0.2) is 30.3 Å². The first-order valence-electron chi connectivity index (χ1n) is 6.50. The summed E-state index contributed by atoms with van der Waals surface area (Å²) in [5, 5.41) is 8.86. The normalized spacial score (nSPS) is 12.3. The zero-order valence-electron chi connectivity index (χ0n) is 11.7. The summed E-state index contributed by atoms with van der Waals surface area (Å²) in [6, 6.07) is 6.96. The first-order chi connectivity index (χ1) is 9.43. The largest absolute Gasteiger partial charge is 0.480 e. The fourth-order valence-corrected chi connectivity index (χ4v) is 1.69. The fourth-order valence-electron chi connectivity index (χ4n) is 1.69. The van der Waals surface area contributed by atoms with Crippen LogP contribution in [0.3, 0.4) is 0 Å². The van der Waals surface area contributed by atoms with Gasteiger partial charge in [-0.3, -0.25) is 9.59 Å². The quantitative estimate of drug-likeness (QED) is 0.615. The summed E-state index contributed by atoms with van der Waals surface area (Å²) in [7, 11) is 0. The molecule has 1 rings (SSSR count). The van der Waals surface area contributed by atoms with Crippen LogP contribution in [0.4, 0.5) is 5.69 Å². The van der Waals surface area contributed by atoms with E-state index in [1.54, 1.807) is 30.3 Å². The minimum absolute atomic E-state index is 0.116. The monoisotopic (exact) mass is 276 g/mol. The highest BCUT2D eigenvalue weighted by Gasteiger charge is 2.19. The molecule has 0 radical (unpaired) electrons. The first-order valence-corrected chi connectivity index (χ1v) is 6.50. The molecule has 3 N–H and O–H groups in total. The van der Waals surface area contributed by atoms with E-state index < -0.39 is 5.97 Å². The molecule has 1 atom stereocenters. The van der Waals surface area contributed by atoms with Gasteiger partial charge in [-0.25, -0.2) is 0 Å². The summed E-state index contributed by atoms with van der Waals surface area (Å²) in [4.78, 5) is 24.2. The number of nitrogens with two attached hydrogens (primary N) is 1. The number of benzene rings is 1. The smallest absolute Gasteiger partial charge is 0.323 e. The molecule has 0 heterocycles. The van der Waals surface area contributed by atoms with Crippen molar-refractivity contribution >= 4 is 23.6 Å². The van der Waals surface area contributed by atoms with Crippen molar-refractivity contribution in [2.24, 2.45) is 0 Å². The first kappa shape index (κ1) is 15.8. The van der Waals surface area contributed by atoms with Crippen LogP contribution >= 0.6 is 0 Å². The van der Waals surface area contributed by atoms with Crippen LogP contribution in [-0.4, -0.2) is 34.5 Å². The van der Waals surface area contributed by atoms with Crippen molar-refractivity contribution in [3.8, 4) is 0 Å². The SMILES string of the molecule is CCC(C)N(CC(=O)O)C(=O)/C=C/c1ccc(N)cc1. The van der Waals surface area contributed by atoms with E-state index in [4.69, 9.17) is 10.8 Å². The molecule has 5 heteroatoms. The van der Waals surface area contributed by atoms with Gasteiger partial charge in [0.2, 0.25) is 5.91 Å². The predicted molar refractivity (Wildman–Crippen MR) is 79.0 cm³/mol. The lowest BCUT2D eigenvalue weighted by atomic mass is 10.1. The standard InChI is InChI=1S/C15H20N2O3/c1-3-11(2)17(10-15(19)20)14(18)9-6-12-4-7-13(16)8-5-12/h4-9,11H,3,10,16H2,1-2H3,(H,19,20)/b9-6+. The van der Waals surface area contributed by atoms with Crippen LogP contribution in [0.2, 0.25) is 0 Å². The second kappa shape index (κ2) is 7.33. The molecule has 0 bridgehead atoms. The Hall–Kier alpha value is -2.30. The Bertz CT molecular complexity index is 494. The van der Waals surface area contributed by atoms with Crippen LogP contribution in [-0.2, 0) is 9.59 Å². The molecule has 0 saturated carbocycles. The summed E-state index contributed by atoms with van der Waals surface area (Å²) in [6.07, 6.45) is 3.74. The second-order valence-corrected chi connectivity index (χ2v) is 4.62. The highest BCUT2D eigenvalue weighted by molar-refractivity contribution is 5.93. The molecular formula is C15H20N2O3. The topological polar surface area (TPSA) is 83.6 Å². The Morgan fingerprint density at radius 1 is 1.35 bits per heavy atom. The number of nitrogen functional groups attached to an aromatic ring is 1. The molecule has 1 amide bonds. The molecule has 20 heavy (non-hydrogen) atoms. The summed E-state index contributed by atoms with van der Waals surface area (Å²) >= 11 is 0. The number of nitrogens with zero attached hydrogens (tertiary/aromatic N) is 1. The Labute approximate surface area is 118 Å². The molecule has 0 aliphatic carbocycles.